The first-order valence-corrected chi connectivity index (χ1v) is 3.53. The lowest BCUT2D eigenvalue weighted by Gasteiger charge is -1.95. The Balaban J connectivity index is 4.26. The third-order valence-corrected chi connectivity index (χ3v) is 1.06. The maximum atomic E-state index is 10.8. The molecule has 0 saturated carbocycles. The van der Waals surface area contributed by atoms with Gasteiger partial charge in [-0.05, 0) is 6.42 Å². The van der Waals surface area contributed by atoms with Gasteiger partial charge in [0.25, 0.3) is 0 Å². The zero-order chi connectivity index (χ0) is 9.56. The van der Waals surface area contributed by atoms with Gasteiger partial charge in [0.1, 0.15) is 0 Å². The van der Waals surface area contributed by atoms with E-state index in [1.54, 1.807) is 0 Å². The summed E-state index contributed by atoms with van der Waals surface area (Å²) in [6.07, 6.45) is 0.655. The minimum Gasteiger partial charge on any atom is -0.457 e. The van der Waals surface area contributed by atoms with Crippen LogP contribution in [0.2, 0.25) is 0 Å². The quantitative estimate of drug-likeness (QED) is 0.199. The van der Waals surface area contributed by atoms with Gasteiger partial charge in [-0.2, -0.15) is 4.79 Å². The van der Waals surface area contributed by atoms with Crippen molar-refractivity contribution in [2.75, 3.05) is 6.61 Å². The van der Waals surface area contributed by atoms with E-state index in [1.807, 2.05) is 6.92 Å². The Morgan fingerprint density at radius 2 is 2.08 bits per heavy atom. The molecule has 0 amide bonds. The second kappa shape index (κ2) is 5.21. The molecule has 0 heterocycles. The highest BCUT2D eigenvalue weighted by molar-refractivity contribution is 6.61. The zero-order valence-corrected chi connectivity index (χ0v) is 7.03. The van der Waals surface area contributed by atoms with Crippen molar-refractivity contribution in [3.8, 4) is 0 Å². The molecular formula is C7H10N2O3. The number of Topliss-reactive ketones (excluding diaryl/α,β-unsaturated/α-hetero) is 1. The van der Waals surface area contributed by atoms with E-state index in [0.717, 1.165) is 6.92 Å². The highest BCUT2D eigenvalue weighted by Gasteiger charge is 2.26. The lowest BCUT2D eigenvalue weighted by Crippen LogP contribution is -2.25. The molecule has 0 aromatic carbocycles. The average Bonchev–Trinajstić information content (AvgIpc) is 2.01. The third-order valence-electron chi connectivity index (χ3n) is 1.06. The molecule has 0 unspecified atom stereocenters. The first-order chi connectivity index (χ1) is 5.63. The van der Waals surface area contributed by atoms with Crippen LogP contribution in [0.15, 0.2) is 0 Å². The molecule has 5 nitrogen and oxygen atoms in total. The largest absolute Gasteiger partial charge is 0.457 e. The second-order valence-electron chi connectivity index (χ2n) is 2.14. The van der Waals surface area contributed by atoms with E-state index < -0.39 is 17.5 Å². The maximum absolute atomic E-state index is 10.8. The summed E-state index contributed by atoms with van der Waals surface area (Å²) in [4.78, 5) is 24.0. The Morgan fingerprint density at radius 1 is 1.50 bits per heavy atom. The summed E-state index contributed by atoms with van der Waals surface area (Å²) < 4.78 is 4.55. The molecule has 0 aliphatic carbocycles. The molecule has 0 spiro atoms. The summed E-state index contributed by atoms with van der Waals surface area (Å²) in [6.45, 7) is 3.16. The molecule has 66 valence electrons. The van der Waals surface area contributed by atoms with Gasteiger partial charge in [-0.25, -0.2) is 4.79 Å². The molecule has 0 saturated heterocycles. The number of hydrogen-bond donors (Lipinski definition) is 0. The summed E-state index contributed by atoms with van der Waals surface area (Å²) >= 11 is 0. The van der Waals surface area contributed by atoms with Crippen LogP contribution >= 0.6 is 0 Å². The number of carbonyl (C=O) groups excluding carboxylic acids is 2. The number of ketones is 1. The predicted molar refractivity (Wildman–Crippen MR) is 40.6 cm³/mol. The molecule has 0 atom stereocenters. The topological polar surface area (TPSA) is 79.8 Å². The van der Waals surface area contributed by atoms with Crippen molar-refractivity contribution in [2.45, 2.75) is 20.3 Å². The lowest BCUT2D eigenvalue weighted by atomic mass is 10.3. The fourth-order valence-corrected chi connectivity index (χ4v) is 0.518. The molecule has 0 fully saturated rings. The van der Waals surface area contributed by atoms with Gasteiger partial charge >= 0.3 is 11.7 Å². The molecule has 0 aromatic rings. The SMILES string of the molecule is CCCOC(=O)C(=[N+]=[N-])C(C)=O. The molecule has 0 N–H and O–H groups in total. The molecular weight excluding hydrogens is 160 g/mol. The van der Waals surface area contributed by atoms with Crippen molar-refractivity contribution in [1.29, 1.82) is 0 Å². The highest BCUT2D eigenvalue weighted by atomic mass is 16.5. The van der Waals surface area contributed by atoms with Crippen LogP contribution in [0.25, 0.3) is 5.53 Å². The first-order valence-electron chi connectivity index (χ1n) is 3.53. The van der Waals surface area contributed by atoms with Crippen LogP contribution in [0.5, 0.6) is 0 Å². The molecule has 0 aromatic heterocycles. The van der Waals surface area contributed by atoms with Crippen LogP contribution < -0.4 is 0 Å². The third kappa shape index (κ3) is 3.07. The molecule has 0 aliphatic heterocycles. The van der Waals surface area contributed by atoms with Crippen molar-refractivity contribution >= 4 is 17.5 Å². The smallest absolute Gasteiger partial charge is 0.441 e. The average molecular weight is 170 g/mol. The number of nitrogens with zero attached hydrogens (tertiary/aromatic N) is 2. The second-order valence-corrected chi connectivity index (χ2v) is 2.14. The highest BCUT2D eigenvalue weighted by Crippen LogP contribution is 1.85. The van der Waals surface area contributed by atoms with Gasteiger partial charge in [-0.15, -0.1) is 0 Å². The Morgan fingerprint density at radius 3 is 2.42 bits per heavy atom. The summed E-state index contributed by atoms with van der Waals surface area (Å²) in [5.41, 5.74) is 7.67. The van der Waals surface area contributed by atoms with E-state index in [4.69, 9.17) is 5.53 Å². The molecule has 0 aliphatic rings. The molecule has 0 radical (unpaired) electrons. The van der Waals surface area contributed by atoms with E-state index in [-0.39, 0.29) is 6.61 Å². The first kappa shape index (κ1) is 10.5. The predicted octanol–water partition coefficient (Wildman–Crippen LogP) is 0.199. The Labute approximate surface area is 69.9 Å². The van der Waals surface area contributed by atoms with Crippen LogP contribution in [0, 0.1) is 0 Å². The van der Waals surface area contributed by atoms with Gasteiger partial charge < -0.3 is 10.3 Å². The molecule has 0 rings (SSSR count). The van der Waals surface area contributed by atoms with Gasteiger partial charge in [0.2, 0.25) is 5.78 Å². The van der Waals surface area contributed by atoms with E-state index in [1.165, 1.54) is 0 Å². The van der Waals surface area contributed by atoms with E-state index in [0.29, 0.717) is 6.42 Å². The number of rotatable bonds is 4. The van der Waals surface area contributed by atoms with E-state index >= 15 is 0 Å². The lowest BCUT2D eigenvalue weighted by molar-refractivity contribution is -0.142. The molecule has 0 bridgehead atoms. The van der Waals surface area contributed by atoms with Gasteiger partial charge in [-0.3, -0.25) is 4.79 Å². The monoisotopic (exact) mass is 170 g/mol. The van der Waals surface area contributed by atoms with Crippen molar-refractivity contribution in [3.63, 3.8) is 0 Å². The Hall–Kier alpha value is -1.48. The van der Waals surface area contributed by atoms with Gasteiger partial charge in [-0.1, -0.05) is 6.92 Å². The van der Waals surface area contributed by atoms with Crippen LogP contribution in [0.1, 0.15) is 20.3 Å². The summed E-state index contributed by atoms with van der Waals surface area (Å²) in [6, 6.07) is 0. The fourth-order valence-electron chi connectivity index (χ4n) is 0.518. The maximum Gasteiger partial charge on any atom is 0.441 e. The summed E-state index contributed by atoms with van der Waals surface area (Å²) in [7, 11) is 0. The summed E-state index contributed by atoms with van der Waals surface area (Å²) in [5.74, 6) is -1.49. The number of esters is 1. The van der Waals surface area contributed by atoms with Crippen LogP contribution in [0.3, 0.4) is 0 Å². The molecule has 5 heteroatoms. The van der Waals surface area contributed by atoms with Crippen molar-refractivity contribution < 1.29 is 19.1 Å². The molecule has 12 heavy (non-hydrogen) atoms. The van der Waals surface area contributed by atoms with Crippen molar-refractivity contribution in [3.05, 3.63) is 5.53 Å². The fraction of sp³-hybridized carbons (Fsp3) is 0.571. The van der Waals surface area contributed by atoms with Gasteiger partial charge in [0.15, 0.2) is 0 Å². The van der Waals surface area contributed by atoms with Crippen molar-refractivity contribution in [1.82, 2.24) is 0 Å². The zero-order valence-electron chi connectivity index (χ0n) is 7.03. The minimum absolute atomic E-state index is 0.213. The number of ether oxygens (including phenoxy) is 1. The van der Waals surface area contributed by atoms with Crippen molar-refractivity contribution in [2.24, 2.45) is 0 Å². The summed E-state index contributed by atoms with van der Waals surface area (Å²) in [5, 5.41) is 0. The van der Waals surface area contributed by atoms with E-state index in [2.05, 4.69) is 9.53 Å². The minimum atomic E-state index is -0.883. The Bertz CT molecular complexity index is 241. The van der Waals surface area contributed by atoms with Gasteiger partial charge in [0, 0.05) is 6.92 Å². The van der Waals surface area contributed by atoms with Crippen LogP contribution in [-0.4, -0.2) is 28.9 Å². The number of hydrogen-bond acceptors (Lipinski definition) is 3. The van der Waals surface area contributed by atoms with Crippen LogP contribution in [-0.2, 0) is 14.3 Å². The Kier molecular flexibility index (Phi) is 4.57. The van der Waals surface area contributed by atoms with Crippen LogP contribution in [0.4, 0.5) is 0 Å². The standard InChI is InChI=1S/C7H10N2O3/c1-3-4-12-7(11)6(9-8)5(2)10/h3-4H2,1-2H3. The van der Waals surface area contributed by atoms with Gasteiger partial charge in [0.05, 0.1) is 6.61 Å². The number of carbonyl (C=O) groups is 2. The van der Waals surface area contributed by atoms with E-state index in [9.17, 15) is 9.59 Å². The normalized spacial score (nSPS) is 8.50.